The third-order valence-electron chi connectivity index (χ3n) is 3.30. The number of aryl methyl sites for hydroxylation is 1. The maximum absolute atomic E-state index is 12.2. The molecule has 0 saturated carbocycles. The van der Waals surface area contributed by atoms with Gasteiger partial charge in [0.15, 0.2) is 0 Å². The van der Waals surface area contributed by atoms with Gasteiger partial charge in [0.1, 0.15) is 5.75 Å². The van der Waals surface area contributed by atoms with Crippen molar-refractivity contribution in [3.63, 3.8) is 0 Å². The van der Waals surface area contributed by atoms with Crippen LogP contribution in [0, 0.1) is 6.92 Å². The van der Waals surface area contributed by atoms with Gasteiger partial charge in [-0.1, -0.05) is 30.3 Å². The van der Waals surface area contributed by atoms with E-state index in [2.05, 4.69) is 5.32 Å². The summed E-state index contributed by atoms with van der Waals surface area (Å²) in [5.41, 5.74) is 2.68. The van der Waals surface area contributed by atoms with Crippen molar-refractivity contribution >= 4 is 5.91 Å². The smallest absolute Gasteiger partial charge is 0.251 e. The van der Waals surface area contributed by atoms with Gasteiger partial charge in [0.05, 0.1) is 13.2 Å². The predicted molar refractivity (Wildman–Crippen MR) is 80.1 cm³/mol. The highest BCUT2D eigenvalue weighted by Gasteiger charge is 2.12. The molecule has 0 heterocycles. The van der Waals surface area contributed by atoms with Gasteiger partial charge in [0.25, 0.3) is 5.91 Å². The Bertz CT molecular complexity index is 593. The summed E-state index contributed by atoms with van der Waals surface area (Å²) in [5, 5.41) is 3.00. The Morgan fingerprint density at radius 2 is 1.85 bits per heavy atom. The highest BCUT2D eigenvalue weighted by Crippen LogP contribution is 2.19. The van der Waals surface area contributed by atoms with E-state index in [0.717, 1.165) is 16.9 Å². The Kier molecular flexibility index (Phi) is 4.41. The first-order valence-electron chi connectivity index (χ1n) is 6.62. The Balaban J connectivity index is 2.10. The van der Waals surface area contributed by atoms with Gasteiger partial charge in [-0.25, -0.2) is 0 Å². The number of hydrogen-bond donors (Lipinski definition) is 1. The van der Waals surface area contributed by atoms with Crippen molar-refractivity contribution < 1.29 is 9.53 Å². The minimum absolute atomic E-state index is 0.0221. The van der Waals surface area contributed by atoms with E-state index in [9.17, 15) is 4.79 Å². The molecule has 0 bridgehead atoms. The van der Waals surface area contributed by atoms with Gasteiger partial charge in [0, 0.05) is 5.56 Å². The zero-order chi connectivity index (χ0) is 14.5. The minimum Gasteiger partial charge on any atom is -0.496 e. The van der Waals surface area contributed by atoms with Gasteiger partial charge < -0.3 is 10.1 Å². The standard InChI is InChI=1S/C17H19NO2/c1-12-11-15(9-10-16(12)20-3)17(19)18-13(2)14-7-5-4-6-8-14/h4-11,13H,1-3H3,(H,18,19)/t13-/m0/s1. The van der Waals surface area contributed by atoms with E-state index in [1.165, 1.54) is 0 Å². The molecule has 3 nitrogen and oxygen atoms in total. The average molecular weight is 269 g/mol. The van der Waals surface area contributed by atoms with E-state index in [1.807, 2.05) is 56.3 Å². The predicted octanol–water partition coefficient (Wildman–Crippen LogP) is 3.49. The van der Waals surface area contributed by atoms with Gasteiger partial charge in [-0.3, -0.25) is 4.79 Å². The van der Waals surface area contributed by atoms with Crippen molar-refractivity contribution in [3.8, 4) is 5.75 Å². The number of amides is 1. The molecule has 3 heteroatoms. The molecule has 2 rings (SSSR count). The number of nitrogens with one attached hydrogen (secondary N) is 1. The molecule has 0 fully saturated rings. The largest absolute Gasteiger partial charge is 0.496 e. The van der Waals surface area contributed by atoms with Crippen LogP contribution in [0.4, 0.5) is 0 Å². The van der Waals surface area contributed by atoms with Crippen molar-refractivity contribution in [1.82, 2.24) is 5.32 Å². The number of methoxy groups -OCH3 is 1. The molecule has 0 saturated heterocycles. The molecule has 0 aliphatic rings. The normalized spacial score (nSPS) is 11.8. The summed E-state index contributed by atoms with van der Waals surface area (Å²) < 4.78 is 5.20. The van der Waals surface area contributed by atoms with Crippen LogP contribution in [0.3, 0.4) is 0 Å². The SMILES string of the molecule is COc1ccc(C(=O)N[C@@H](C)c2ccccc2)cc1C. The van der Waals surface area contributed by atoms with Crippen molar-refractivity contribution in [2.75, 3.05) is 7.11 Å². The first kappa shape index (κ1) is 14.1. The third kappa shape index (κ3) is 3.18. The van der Waals surface area contributed by atoms with Crippen molar-refractivity contribution in [2.45, 2.75) is 19.9 Å². The molecule has 0 aromatic heterocycles. The molecular weight excluding hydrogens is 250 g/mol. The van der Waals surface area contributed by atoms with E-state index in [4.69, 9.17) is 4.74 Å². The van der Waals surface area contributed by atoms with Crippen LogP contribution >= 0.6 is 0 Å². The number of carbonyl (C=O) groups excluding carboxylic acids is 1. The number of hydrogen-bond acceptors (Lipinski definition) is 2. The topological polar surface area (TPSA) is 38.3 Å². The van der Waals surface area contributed by atoms with E-state index in [-0.39, 0.29) is 11.9 Å². The summed E-state index contributed by atoms with van der Waals surface area (Å²) in [6.07, 6.45) is 0. The zero-order valence-electron chi connectivity index (χ0n) is 12.0. The summed E-state index contributed by atoms with van der Waals surface area (Å²) in [7, 11) is 1.62. The molecule has 0 aliphatic heterocycles. The van der Waals surface area contributed by atoms with Crippen LogP contribution < -0.4 is 10.1 Å². The van der Waals surface area contributed by atoms with Gasteiger partial charge in [0.2, 0.25) is 0 Å². The molecule has 2 aromatic carbocycles. The minimum atomic E-state index is -0.0768. The molecule has 0 unspecified atom stereocenters. The fourth-order valence-corrected chi connectivity index (χ4v) is 2.12. The molecule has 1 N–H and O–H groups in total. The molecule has 0 aliphatic carbocycles. The summed E-state index contributed by atoms with van der Waals surface area (Å²) in [6.45, 7) is 3.90. The van der Waals surface area contributed by atoms with Crippen LogP contribution in [0.25, 0.3) is 0 Å². The van der Waals surface area contributed by atoms with Crippen molar-refractivity contribution in [1.29, 1.82) is 0 Å². The van der Waals surface area contributed by atoms with Crippen LogP contribution in [-0.2, 0) is 0 Å². The number of carbonyl (C=O) groups is 1. The Morgan fingerprint density at radius 1 is 1.15 bits per heavy atom. The molecule has 1 atom stereocenters. The van der Waals surface area contributed by atoms with Gasteiger partial charge in [-0.2, -0.15) is 0 Å². The Hall–Kier alpha value is -2.29. The maximum atomic E-state index is 12.2. The third-order valence-corrected chi connectivity index (χ3v) is 3.30. The lowest BCUT2D eigenvalue weighted by Crippen LogP contribution is -2.26. The van der Waals surface area contributed by atoms with E-state index >= 15 is 0 Å². The second-order valence-corrected chi connectivity index (χ2v) is 4.79. The van der Waals surface area contributed by atoms with Crippen molar-refractivity contribution in [3.05, 3.63) is 65.2 Å². The molecule has 20 heavy (non-hydrogen) atoms. The first-order chi connectivity index (χ1) is 9.61. The summed E-state index contributed by atoms with van der Waals surface area (Å²) in [5.74, 6) is 0.713. The van der Waals surface area contributed by atoms with Gasteiger partial charge >= 0.3 is 0 Å². The molecular formula is C17H19NO2. The van der Waals surface area contributed by atoms with Crippen molar-refractivity contribution in [2.24, 2.45) is 0 Å². The monoisotopic (exact) mass is 269 g/mol. The fourth-order valence-electron chi connectivity index (χ4n) is 2.12. The number of rotatable bonds is 4. The Morgan fingerprint density at radius 3 is 2.45 bits per heavy atom. The zero-order valence-corrected chi connectivity index (χ0v) is 12.0. The van der Waals surface area contributed by atoms with Crippen LogP contribution in [0.1, 0.15) is 34.5 Å². The van der Waals surface area contributed by atoms with E-state index in [1.54, 1.807) is 13.2 Å². The van der Waals surface area contributed by atoms with Crippen LogP contribution in [0.2, 0.25) is 0 Å². The quantitative estimate of drug-likeness (QED) is 0.922. The molecule has 0 radical (unpaired) electrons. The van der Waals surface area contributed by atoms with Crippen LogP contribution in [0.5, 0.6) is 5.75 Å². The lowest BCUT2D eigenvalue weighted by Gasteiger charge is -2.15. The molecule has 1 amide bonds. The number of ether oxygens (including phenoxy) is 1. The molecule has 0 spiro atoms. The van der Waals surface area contributed by atoms with Gasteiger partial charge in [-0.15, -0.1) is 0 Å². The second kappa shape index (κ2) is 6.24. The highest BCUT2D eigenvalue weighted by molar-refractivity contribution is 5.94. The second-order valence-electron chi connectivity index (χ2n) is 4.79. The van der Waals surface area contributed by atoms with E-state index < -0.39 is 0 Å². The van der Waals surface area contributed by atoms with Crippen LogP contribution in [-0.4, -0.2) is 13.0 Å². The average Bonchev–Trinajstić information content (AvgIpc) is 2.48. The summed E-state index contributed by atoms with van der Waals surface area (Å²) >= 11 is 0. The molecule has 2 aromatic rings. The van der Waals surface area contributed by atoms with E-state index in [0.29, 0.717) is 5.56 Å². The van der Waals surface area contributed by atoms with Gasteiger partial charge in [-0.05, 0) is 43.2 Å². The maximum Gasteiger partial charge on any atom is 0.251 e. The Labute approximate surface area is 119 Å². The first-order valence-corrected chi connectivity index (χ1v) is 6.62. The highest BCUT2D eigenvalue weighted by atomic mass is 16.5. The van der Waals surface area contributed by atoms with Crippen LogP contribution in [0.15, 0.2) is 48.5 Å². The summed E-state index contributed by atoms with van der Waals surface area (Å²) in [6, 6.07) is 15.3. The lowest BCUT2D eigenvalue weighted by molar-refractivity contribution is 0.0940. The molecule has 104 valence electrons. The number of benzene rings is 2. The summed E-state index contributed by atoms with van der Waals surface area (Å²) in [4.78, 5) is 12.2. The lowest BCUT2D eigenvalue weighted by atomic mass is 10.1. The fraction of sp³-hybridized carbons (Fsp3) is 0.235.